The Morgan fingerprint density at radius 2 is 1.87 bits per heavy atom. The van der Waals surface area contributed by atoms with Gasteiger partial charge in [0.05, 0.1) is 17.1 Å². The van der Waals surface area contributed by atoms with Gasteiger partial charge in [0.2, 0.25) is 0 Å². The number of nitrogens with zero attached hydrogens (tertiary/aromatic N) is 6. The van der Waals surface area contributed by atoms with Crippen molar-refractivity contribution < 1.29 is 0 Å². The van der Waals surface area contributed by atoms with Crippen molar-refractivity contribution in [2.75, 3.05) is 25.0 Å². The van der Waals surface area contributed by atoms with Crippen molar-refractivity contribution in [3.05, 3.63) is 53.6 Å². The van der Waals surface area contributed by atoms with Crippen molar-refractivity contribution in [1.29, 1.82) is 0 Å². The minimum atomic E-state index is 0.718. The van der Waals surface area contributed by atoms with Gasteiger partial charge in [-0.1, -0.05) is 6.07 Å². The molecular weight excluding hydrogens is 386 g/mol. The Balaban J connectivity index is 1.11. The van der Waals surface area contributed by atoms with E-state index in [-0.39, 0.29) is 0 Å². The van der Waals surface area contributed by atoms with Crippen LogP contribution in [0.25, 0.3) is 11.3 Å². The summed E-state index contributed by atoms with van der Waals surface area (Å²) in [4.78, 5) is 7.17. The quantitative estimate of drug-likeness (QED) is 0.662. The minimum absolute atomic E-state index is 0.718. The summed E-state index contributed by atoms with van der Waals surface area (Å²) in [7, 11) is 1.93. The molecule has 4 heterocycles. The van der Waals surface area contributed by atoms with Crippen molar-refractivity contribution in [3.63, 3.8) is 0 Å². The topological polar surface area (TPSA) is 71.8 Å². The van der Waals surface area contributed by atoms with E-state index in [1.165, 1.54) is 37.2 Å². The highest BCUT2D eigenvalue weighted by molar-refractivity contribution is 5.61. The molecular formula is C24H31N7. The number of pyridine rings is 1. The standard InChI is InChI=1S/C24H31N7/c1-16-5-4-8-25-23(16)15-31-12-19-9-18(10-20(19)13-31)11-26-24-7-6-22(27-28-24)21-14-30(3)29-17(21)2/h4-8,14,18-20H,9-13,15H2,1-3H3,(H,26,28)/t18-,19+,20-. The van der Waals surface area contributed by atoms with E-state index in [9.17, 15) is 0 Å². The lowest BCUT2D eigenvalue weighted by Gasteiger charge is -2.19. The van der Waals surface area contributed by atoms with E-state index >= 15 is 0 Å². The molecule has 0 aromatic carbocycles. The molecule has 1 saturated heterocycles. The van der Waals surface area contributed by atoms with Crippen LogP contribution in [0.5, 0.6) is 0 Å². The van der Waals surface area contributed by atoms with Gasteiger partial charge in [-0.3, -0.25) is 14.6 Å². The van der Waals surface area contributed by atoms with Gasteiger partial charge in [0.25, 0.3) is 0 Å². The first-order valence-corrected chi connectivity index (χ1v) is 11.3. The largest absolute Gasteiger partial charge is 0.368 e. The fraction of sp³-hybridized carbons (Fsp3) is 0.500. The van der Waals surface area contributed by atoms with Gasteiger partial charge in [0.1, 0.15) is 5.82 Å². The van der Waals surface area contributed by atoms with Gasteiger partial charge in [-0.15, -0.1) is 10.2 Å². The maximum Gasteiger partial charge on any atom is 0.148 e. The first-order chi connectivity index (χ1) is 15.0. The number of rotatable bonds is 6. The van der Waals surface area contributed by atoms with E-state index in [0.717, 1.165) is 53.6 Å². The molecule has 1 aliphatic carbocycles. The summed E-state index contributed by atoms with van der Waals surface area (Å²) in [5, 5.41) is 16.7. The zero-order chi connectivity index (χ0) is 21.4. The van der Waals surface area contributed by atoms with Crippen LogP contribution in [-0.4, -0.2) is 49.5 Å². The Kier molecular flexibility index (Phi) is 5.44. The molecule has 1 saturated carbocycles. The molecule has 2 aliphatic rings. The third-order valence-corrected chi connectivity index (χ3v) is 6.94. The molecule has 5 rings (SSSR count). The third kappa shape index (κ3) is 4.32. The SMILES string of the molecule is Cc1cccnc1CN1C[C@H]2C[C@H](CNc3ccc(-c4cn(C)nc4C)nn3)C[C@H]2C1. The van der Waals surface area contributed by atoms with Crippen molar-refractivity contribution >= 4 is 5.82 Å². The molecule has 162 valence electrons. The number of nitrogens with one attached hydrogen (secondary N) is 1. The highest BCUT2D eigenvalue weighted by Gasteiger charge is 2.40. The third-order valence-electron chi connectivity index (χ3n) is 6.94. The zero-order valence-electron chi connectivity index (χ0n) is 18.6. The van der Waals surface area contributed by atoms with Crippen LogP contribution in [0.1, 0.15) is 29.8 Å². The molecule has 0 amide bonds. The molecule has 0 unspecified atom stereocenters. The normalized spacial score (nSPS) is 23.3. The smallest absolute Gasteiger partial charge is 0.148 e. The van der Waals surface area contributed by atoms with Crippen LogP contribution < -0.4 is 5.32 Å². The average molecular weight is 418 g/mol. The lowest BCUT2D eigenvalue weighted by atomic mass is 10.0. The highest BCUT2D eigenvalue weighted by Crippen LogP contribution is 2.42. The molecule has 0 spiro atoms. The predicted octanol–water partition coefficient (Wildman–Crippen LogP) is 3.46. The lowest BCUT2D eigenvalue weighted by Crippen LogP contribution is -2.24. The van der Waals surface area contributed by atoms with Crippen molar-refractivity contribution in [3.8, 4) is 11.3 Å². The van der Waals surface area contributed by atoms with E-state index in [0.29, 0.717) is 0 Å². The van der Waals surface area contributed by atoms with Gasteiger partial charge < -0.3 is 5.32 Å². The van der Waals surface area contributed by atoms with Crippen LogP contribution in [0.2, 0.25) is 0 Å². The molecule has 0 radical (unpaired) electrons. The first-order valence-electron chi connectivity index (χ1n) is 11.3. The Bertz CT molecular complexity index is 1030. The van der Waals surface area contributed by atoms with Gasteiger partial charge in [0.15, 0.2) is 0 Å². The maximum atomic E-state index is 4.58. The van der Waals surface area contributed by atoms with Crippen LogP contribution >= 0.6 is 0 Å². The number of hydrogen-bond donors (Lipinski definition) is 1. The monoisotopic (exact) mass is 417 g/mol. The van der Waals surface area contributed by atoms with Gasteiger partial charge in [0, 0.05) is 51.2 Å². The molecule has 3 atom stereocenters. The number of aromatic nitrogens is 5. The summed E-state index contributed by atoms with van der Waals surface area (Å²) in [5.74, 6) is 3.21. The molecule has 3 aromatic rings. The summed E-state index contributed by atoms with van der Waals surface area (Å²) < 4.78 is 1.81. The van der Waals surface area contributed by atoms with Gasteiger partial charge in [-0.05, 0) is 68.2 Å². The molecule has 31 heavy (non-hydrogen) atoms. The second-order valence-electron chi connectivity index (χ2n) is 9.31. The van der Waals surface area contributed by atoms with Gasteiger partial charge in [-0.2, -0.15) is 5.10 Å². The van der Waals surface area contributed by atoms with E-state index in [1.54, 1.807) is 0 Å². The highest BCUT2D eigenvalue weighted by atomic mass is 15.3. The minimum Gasteiger partial charge on any atom is -0.368 e. The molecule has 2 fully saturated rings. The maximum absolute atomic E-state index is 4.58. The van der Waals surface area contributed by atoms with E-state index in [1.807, 2.05) is 49.2 Å². The van der Waals surface area contributed by atoms with Crippen LogP contribution in [0.3, 0.4) is 0 Å². The van der Waals surface area contributed by atoms with E-state index < -0.39 is 0 Å². The molecule has 7 nitrogen and oxygen atoms in total. The number of hydrogen-bond acceptors (Lipinski definition) is 6. The second kappa shape index (κ2) is 8.38. The lowest BCUT2D eigenvalue weighted by molar-refractivity contribution is 0.288. The molecule has 0 bridgehead atoms. The van der Waals surface area contributed by atoms with Gasteiger partial charge >= 0.3 is 0 Å². The van der Waals surface area contributed by atoms with Crippen LogP contribution in [0, 0.1) is 31.6 Å². The molecule has 1 N–H and O–H groups in total. The zero-order valence-corrected chi connectivity index (χ0v) is 18.6. The number of likely N-dealkylation sites (tertiary alicyclic amines) is 1. The molecule has 1 aliphatic heterocycles. The van der Waals surface area contributed by atoms with Crippen LogP contribution in [0.15, 0.2) is 36.7 Å². The summed E-state index contributed by atoms with van der Waals surface area (Å²) in [6.45, 7) is 8.53. The summed E-state index contributed by atoms with van der Waals surface area (Å²) in [5.41, 5.74) is 5.41. The Hall–Kier alpha value is -2.80. The number of anilines is 1. The van der Waals surface area contributed by atoms with Crippen molar-refractivity contribution in [1.82, 2.24) is 29.9 Å². The van der Waals surface area contributed by atoms with Crippen LogP contribution in [-0.2, 0) is 13.6 Å². The average Bonchev–Trinajstić information content (AvgIpc) is 3.41. The number of aryl methyl sites for hydroxylation is 3. The Morgan fingerprint density at radius 1 is 1.06 bits per heavy atom. The predicted molar refractivity (Wildman–Crippen MR) is 121 cm³/mol. The van der Waals surface area contributed by atoms with E-state index in [2.05, 4.69) is 43.5 Å². The fourth-order valence-electron chi connectivity index (χ4n) is 5.38. The molecule has 7 heteroatoms. The van der Waals surface area contributed by atoms with Gasteiger partial charge in [-0.25, -0.2) is 0 Å². The van der Waals surface area contributed by atoms with E-state index in [4.69, 9.17) is 0 Å². The summed E-state index contributed by atoms with van der Waals surface area (Å²) in [6, 6.07) is 8.24. The number of fused-ring (bicyclic) bond motifs is 1. The second-order valence-corrected chi connectivity index (χ2v) is 9.31. The molecule has 3 aromatic heterocycles. The summed E-state index contributed by atoms with van der Waals surface area (Å²) >= 11 is 0. The fourth-order valence-corrected chi connectivity index (χ4v) is 5.38. The van der Waals surface area contributed by atoms with Crippen LogP contribution in [0.4, 0.5) is 5.82 Å². The first kappa shape index (κ1) is 20.1. The van der Waals surface area contributed by atoms with Crippen molar-refractivity contribution in [2.45, 2.75) is 33.2 Å². The Labute approximate surface area is 183 Å². The summed E-state index contributed by atoms with van der Waals surface area (Å²) in [6.07, 6.45) is 6.50. The Morgan fingerprint density at radius 3 is 2.52 bits per heavy atom. The van der Waals surface area contributed by atoms with Crippen molar-refractivity contribution in [2.24, 2.45) is 24.8 Å².